The number of hydrogen-bond acceptors (Lipinski definition) is 3. The van der Waals surface area contributed by atoms with Gasteiger partial charge in [0.1, 0.15) is 11.3 Å². The Hall–Kier alpha value is -0.190. The van der Waals surface area contributed by atoms with Crippen LogP contribution < -0.4 is 0 Å². The molecule has 5 heteroatoms. The molecule has 0 saturated carbocycles. The Morgan fingerprint density at radius 2 is 1.94 bits per heavy atom. The van der Waals surface area contributed by atoms with Crippen LogP contribution in [0.25, 0.3) is 0 Å². The Bertz CT molecular complexity index is 385. The average molecular weight is 322 g/mol. The molecule has 0 saturated heterocycles. The van der Waals surface area contributed by atoms with Crippen LogP contribution in [-0.2, 0) is 11.2 Å². The molecule has 96 valence electrons. The minimum absolute atomic E-state index is 0.101. The summed E-state index contributed by atoms with van der Waals surface area (Å²) in [5.74, 6) is 0.990. The van der Waals surface area contributed by atoms with E-state index in [1.807, 2.05) is 13.8 Å². The number of aromatic nitrogens is 2. The molecule has 0 bridgehead atoms. The van der Waals surface area contributed by atoms with E-state index >= 15 is 0 Å². The number of rotatable bonds is 5. The molecule has 1 rings (SSSR count). The van der Waals surface area contributed by atoms with E-state index < -0.39 is 0 Å². The van der Waals surface area contributed by atoms with E-state index in [2.05, 4.69) is 39.7 Å². The minimum atomic E-state index is -0.101. The highest BCUT2D eigenvalue weighted by atomic mass is 79.9. The third kappa shape index (κ3) is 3.63. The van der Waals surface area contributed by atoms with Gasteiger partial charge in [-0.2, -0.15) is 0 Å². The molecule has 0 spiro atoms. The summed E-state index contributed by atoms with van der Waals surface area (Å²) in [5, 5.41) is 0.456. The van der Waals surface area contributed by atoms with Gasteiger partial charge in [-0.05, 0) is 35.2 Å². The number of nitrogens with zero attached hydrogens (tertiary/aromatic N) is 2. The molecule has 17 heavy (non-hydrogen) atoms. The van der Waals surface area contributed by atoms with Gasteiger partial charge in [-0.25, -0.2) is 9.97 Å². The maximum atomic E-state index is 6.09. The maximum absolute atomic E-state index is 6.09. The van der Waals surface area contributed by atoms with Gasteiger partial charge in [0.2, 0.25) is 0 Å². The SMILES string of the molecule is CCOC(c1nc(Cl)c(Br)c(CC)n1)C(C)C. The Kier molecular flexibility index (Phi) is 5.83. The summed E-state index contributed by atoms with van der Waals surface area (Å²) >= 11 is 9.50. The Labute approximate surface area is 116 Å². The Balaban J connectivity index is 3.15. The van der Waals surface area contributed by atoms with Crippen molar-refractivity contribution >= 4 is 27.5 Å². The van der Waals surface area contributed by atoms with Crippen LogP contribution in [0.4, 0.5) is 0 Å². The molecule has 0 aromatic carbocycles. The van der Waals surface area contributed by atoms with Crippen molar-refractivity contribution < 1.29 is 4.74 Å². The van der Waals surface area contributed by atoms with Gasteiger partial charge < -0.3 is 4.74 Å². The van der Waals surface area contributed by atoms with Crippen LogP contribution in [-0.4, -0.2) is 16.6 Å². The summed E-state index contributed by atoms with van der Waals surface area (Å²) in [5.41, 5.74) is 0.922. The summed E-state index contributed by atoms with van der Waals surface area (Å²) in [6.45, 7) is 8.83. The Morgan fingerprint density at radius 1 is 1.29 bits per heavy atom. The second kappa shape index (κ2) is 6.66. The fourth-order valence-electron chi connectivity index (χ4n) is 1.59. The molecular weight excluding hydrogens is 304 g/mol. The molecular formula is C12H18BrClN2O. The highest BCUT2D eigenvalue weighted by Gasteiger charge is 2.21. The predicted octanol–water partition coefficient (Wildman–Crippen LogP) is 4.19. The molecule has 0 aliphatic rings. The van der Waals surface area contributed by atoms with Gasteiger partial charge in [-0.3, -0.25) is 0 Å². The van der Waals surface area contributed by atoms with E-state index in [0.29, 0.717) is 23.5 Å². The van der Waals surface area contributed by atoms with Gasteiger partial charge in [0.05, 0.1) is 10.2 Å². The molecule has 1 aromatic heterocycles. The molecule has 1 aromatic rings. The van der Waals surface area contributed by atoms with Gasteiger partial charge >= 0.3 is 0 Å². The van der Waals surface area contributed by atoms with Crippen LogP contribution in [0.2, 0.25) is 5.15 Å². The van der Waals surface area contributed by atoms with Crippen molar-refractivity contribution in [3.63, 3.8) is 0 Å². The average Bonchev–Trinajstić information content (AvgIpc) is 2.29. The van der Waals surface area contributed by atoms with Crippen LogP contribution in [0, 0.1) is 5.92 Å². The van der Waals surface area contributed by atoms with E-state index in [0.717, 1.165) is 16.6 Å². The number of ether oxygens (including phenoxy) is 1. The second-order valence-corrected chi connectivity index (χ2v) is 5.26. The van der Waals surface area contributed by atoms with Gasteiger partial charge in [-0.15, -0.1) is 0 Å². The first-order valence-corrected chi connectivity index (χ1v) is 7.01. The van der Waals surface area contributed by atoms with Crippen molar-refractivity contribution in [2.24, 2.45) is 5.92 Å². The maximum Gasteiger partial charge on any atom is 0.159 e. The molecule has 1 heterocycles. The smallest absolute Gasteiger partial charge is 0.159 e. The predicted molar refractivity (Wildman–Crippen MR) is 73.3 cm³/mol. The molecule has 1 unspecified atom stereocenters. The zero-order valence-corrected chi connectivity index (χ0v) is 13.0. The molecule has 0 aliphatic carbocycles. The van der Waals surface area contributed by atoms with E-state index in [9.17, 15) is 0 Å². The fraction of sp³-hybridized carbons (Fsp3) is 0.667. The lowest BCUT2D eigenvalue weighted by Gasteiger charge is -2.20. The third-order valence-corrected chi connectivity index (χ3v) is 3.77. The first-order chi connectivity index (χ1) is 8.01. The van der Waals surface area contributed by atoms with Gasteiger partial charge in [0.25, 0.3) is 0 Å². The highest BCUT2D eigenvalue weighted by Crippen LogP contribution is 2.29. The van der Waals surface area contributed by atoms with Gasteiger partial charge in [-0.1, -0.05) is 32.4 Å². The van der Waals surface area contributed by atoms with E-state index in [1.165, 1.54) is 0 Å². The van der Waals surface area contributed by atoms with Crippen molar-refractivity contribution in [2.45, 2.75) is 40.2 Å². The van der Waals surface area contributed by atoms with Crippen LogP contribution in [0.3, 0.4) is 0 Å². The topological polar surface area (TPSA) is 35.0 Å². The van der Waals surface area contributed by atoms with Gasteiger partial charge in [0.15, 0.2) is 5.82 Å². The zero-order chi connectivity index (χ0) is 13.0. The second-order valence-electron chi connectivity index (χ2n) is 4.11. The quantitative estimate of drug-likeness (QED) is 0.763. The van der Waals surface area contributed by atoms with Crippen LogP contribution in [0.1, 0.15) is 45.3 Å². The van der Waals surface area contributed by atoms with Gasteiger partial charge in [0, 0.05) is 6.61 Å². The molecule has 0 fully saturated rings. The lowest BCUT2D eigenvalue weighted by Crippen LogP contribution is -2.16. The number of hydrogen-bond donors (Lipinski definition) is 0. The van der Waals surface area contributed by atoms with Crippen molar-refractivity contribution in [1.82, 2.24) is 9.97 Å². The summed E-state index contributed by atoms with van der Waals surface area (Å²) < 4.78 is 6.47. The number of aryl methyl sites for hydroxylation is 1. The molecule has 0 N–H and O–H groups in total. The van der Waals surface area contributed by atoms with Crippen LogP contribution in [0.5, 0.6) is 0 Å². The molecule has 0 amide bonds. The minimum Gasteiger partial charge on any atom is -0.370 e. The lowest BCUT2D eigenvalue weighted by atomic mass is 10.1. The highest BCUT2D eigenvalue weighted by molar-refractivity contribution is 9.10. The van der Waals surface area contributed by atoms with Crippen LogP contribution in [0.15, 0.2) is 4.47 Å². The Morgan fingerprint density at radius 3 is 2.41 bits per heavy atom. The third-order valence-electron chi connectivity index (χ3n) is 2.44. The van der Waals surface area contributed by atoms with E-state index in [1.54, 1.807) is 0 Å². The summed E-state index contributed by atoms with van der Waals surface area (Å²) in [6.07, 6.45) is 0.711. The molecule has 1 atom stereocenters. The monoisotopic (exact) mass is 320 g/mol. The zero-order valence-electron chi connectivity index (χ0n) is 10.6. The summed E-state index contributed by atoms with van der Waals surface area (Å²) in [7, 11) is 0. The largest absolute Gasteiger partial charge is 0.370 e. The van der Waals surface area contributed by atoms with E-state index in [-0.39, 0.29) is 6.10 Å². The molecule has 3 nitrogen and oxygen atoms in total. The number of halogens is 2. The first kappa shape index (κ1) is 14.9. The first-order valence-electron chi connectivity index (χ1n) is 5.84. The summed E-state index contributed by atoms with van der Waals surface area (Å²) in [4.78, 5) is 8.83. The standard InChI is InChI=1S/C12H18BrClN2O/c1-5-8-9(13)11(14)16-12(15-8)10(7(3)4)17-6-2/h7,10H,5-6H2,1-4H3. The normalized spacial score (nSPS) is 13.1. The lowest BCUT2D eigenvalue weighted by molar-refractivity contribution is 0.0230. The van der Waals surface area contributed by atoms with Crippen molar-refractivity contribution in [3.8, 4) is 0 Å². The van der Waals surface area contributed by atoms with Crippen LogP contribution >= 0.6 is 27.5 Å². The summed E-state index contributed by atoms with van der Waals surface area (Å²) in [6, 6.07) is 0. The fourth-order valence-corrected chi connectivity index (χ4v) is 2.24. The molecule has 0 radical (unpaired) electrons. The van der Waals surface area contributed by atoms with E-state index in [4.69, 9.17) is 16.3 Å². The van der Waals surface area contributed by atoms with Crippen molar-refractivity contribution in [2.75, 3.05) is 6.61 Å². The molecule has 0 aliphatic heterocycles. The van der Waals surface area contributed by atoms with Crippen molar-refractivity contribution in [1.29, 1.82) is 0 Å². The van der Waals surface area contributed by atoms with Crippen molar-refractivity contribution in [3.05, 3.63) is 21.1 Å².